The van der Waals surface area contributed by atoms with Crippen molar-refractivity contribution < 1.29 is 9.53 Å². The second-order valence-electron chi connectivity index (χ2n) is 4.86. The lowest BCUT2D eigenvalue weighted by molar-refractivity contribution is -0.122. The van der Waals surface area contributed by atoms with E-state index in [0.717, 1.165) is 12.0 Å². The maximum Gasteiger partial charge on any atom is 0.237 e. The number of nitrogens with one attached hydrogen (secondary N) is 1. The molecule has 1 atom stereocenters. The normalized spacial score (nSPS) is 12.4. The Balaban J connectivity index is 2.18. The fourth-order valence-electron chi connectivity index (χ4n) is 1.69. The Morgan fingerprint density at radius 3 is 2.63 bits per heavy atom. The topological polar surface area (TPSA) is 64.3 Å². The summed E-state index contributed by atoms with van der Waals surface area (Å²) in [4.78, 5) is 11.8. The van der Waals surface area contributed by atoms with E-state index in [2.05, 4.69) is 5.32 Å². The molecule has 0 unspecified atom stereocenters. The molecule has 106 valence electrons. The summed E-state index contributed by atoms with van der Waals surface area (Å²) in [7, 11) is 0. The van der Waals surface area contributed by atoms with Crippen LogP contribution in [0.2, 0.25) is 0 Å². The van der Waals surface area contributed by atoms with Crippen molar-refractivity contribution in [2.75, 3.05) is 13.2 Å². The van der Waals surface area contributed by atoms with Gasteiger partial charge in [0.1, 0.15) is 0 Å². The third-order valence-electron chi connectivity index (χ3n) is 2.71. The Kier molecular flexibility index (Phi) is 7.15. The van der Waals surface area contributed by atoms with Crippen LogP contribution in [-0.2, 0) is 16.0 Å². The zero-order valence-electron chi connectivity index (χ0n) is 11.8. The van der Waals surface area contributed by atoms with E-state index in [0.29, 0.717) is 19.6 Å². The fraction of sp³-hybridized carbons (Fsp3) is 0.533. The van der Waals surface area contributed by atoms with E-state index < -0.39 is 6.04 Å². The van der Waals surface area contributed by atoms with Gasteiger partial charge in [-0.1, -0.05) is 30.3 Å². The summed E-state index contributed by atoms with van der Waals surface area (Å²) in [5.41, 5.74) is 6.95. The molecule has 0 fully saturated rings. The zero-order valence-corrected chi connectivity index (χ0v) is 11.8. The molecule has 3 N–H and O–H groups in total. The van der Waals surface area contributed by atoms with Crippen LogP contribution in [0, 0.1) is 0 Å². The van der Waals surface area contributed by atoms with Gasteiger partial charge in [0.05, 0.1) is 12.1 Å². The first-order valence-electron chi connectivity index (χ1n) is 6.78. The summed E-state index contributed by atoms with van der Waals surface area (Å²) in [5.74, 6) is -0.103. The minimum Gasteiger partial charge on any atom is -0.379 e. The molecule has 0 spiro atoms. The Morgan fingerprint density at radius 1 is 1.32 bits per heavy atom. The highest BCUT2D eigenvalue weighted by molar-refractivity contribution is 5.81. The van der Waals surface area contributed by atoms with Crippen LogP contribution in [-0.4, -0.2) is 31.2 Å². The first-order chi connectivity index (χ1) is 9.09. The van der Waals surface area contributed by atoms with Crippen molar-refractivity contribution in [3.05, 3.63) is 35.9 Å². The van der Waals surface area contributed by atoms with Gasteiger partial charge < -0.3 is 15.8 Å². The summed E-state index contributed by atoms with van der Waals surface area (Å²) in [5, 5.41) is 2.83. The van der Waals surface area contributed by atoms with E-state index in [9.17, 15) is 4.79 Å². The van der Waals surface area contributed by atoms with Crippen LogP contribution in [0.3, 0.4) is 0 Å². The number of nitrogens with two attached hydrogens (primary N) is 1. The number of carbonyl (C=O) groups excluding carboxylic acids is 1. The van der Waals surface area contributed by atoms with Crippen molar-refractivity contribution in [3.8, 4) is 0 Å². The minimum absolute atomic E-state index is 0.103. The molecule has 0 aliphatic carbocycles. The molecule has 4 nitrogen and oxygen atoms in total. The van der Waals surface area contributed by atoms with Gasteiger partial charge in [0, 0.05) is 13.2 Å². The second kappa shape index (κ2) is 8.67. The average Bonchev–Trinajstić information content (AvgIpc) is 2.38. The van der Waals surface area contributed by atoms with Gasteiger partial charge in [-0.05, 0) is 32.3 Å². The number of hydrogen-bond acceptors (Lipinski definition) is 3. The predicted octanol–water partition coefficient (Wildman–Crippen LogP) is 1.49. The molecular weight excluding hydrogens is 240 g/mol. The second-order valence-corrected chi connectivity index (χ2v) is 4.86. The summed E-state index contributed by atoms with van der Waals surface area (Å²) in [6.45, 7) is 5.25. The quantitative estimate of drug-likeness (QED) is 0.699. The average molecular weight is 264 g/mol. The Labute approximate surface area is 115 Å². The molecule has 1 amide bonds. The van der Waals surface area contributed by atoms with Crippen LogP contribution in [0.25, 0.3) is 0 Å². The smallest absolute Gasteiger partial charge is 0.237 e. The first-order valence-corrected chi connectivity index (χ1v) is 6.78. The summed E-state index contributed by atoms with van der Waals surface area (Å²) < 4.78 is 5.40. The molecule has 1 aromatic carbocycles. The van der Waals surface area contributed by atoms with Gasteiger partial charge in [0.15, 0.2) is 0 Å². The highest BCUT2D eigenvalue weighted by Gasteiger charge is 2.12. The molecule has 0 aliphatic heterocycles. The summed E-state index contributed by atoms with van der Waals surface area (Å²) in [6, 6.07) is 9.30. The minimum atomic E-state index is -0.492. The Hall–Kier alpha value is -1.39. The van der Waals surface area contributed by atoms with Crippen LogP contribution < -0.4 is 11.1 Å². The van der Waals surface area contributed by atoms with E-state index in [1.54, 1.807) is 0 Å². The lowest BCUT2D eigenvalue weighted by atomic mass is 10.1. The van der Waals surface area contributed by atoms with Crippen LogP contribution in [0.1, 0.15) is 25.8 Å². The standard InChI is InChI=1S/C15H24N2O2/c1-12(2)19-10-6-9-17-15(18)14(16)11-13-7-4-3-5-8-13/h3-5,7-8,12,14H,6,9-11,16H2,1-2H3,(H,17,18)/t14-/m1/s1. The zero-order chi connectivity index (χ0) is 14.1. The molecule has 0 saturated carbocycles. The van der Waals surface area contributed by atoms with E-state index in [1.807, 2.05) is 44.2 Å². The molecule has 0 saturated heterocycles. The van der Waals surface area contributed by atoms with E-state index in [-0.39, 0.29) is 12.0 Å². The Morgan fingerprint density at radius 2 is 2.00 bits per heavy atom. The molecule has 0 radical (unpaired) electrons. The van der Waals surface area contributed by atoms with Crippen molar-refractivity contribution in [1.29, 1.82) is 0 Å². The van der Waals surface area contributed by atoms with Crippen molar-refractivity contribution in [2.24, 2.45) is 5.73 Å². The molecule has 0 bridgehead atoms. The van der Waals surface area contributed by atoms with Gasteiger partial charge in [0.2, 0.25) is 5.91 Å². The summed E-state index contributed by atoms with van der Waals surface area (Å²) in [6.07, 6.45) is 1.60. The maximum absolute atomic E-state index is 11.8. The van der Waals surface area contributed by atoms with Crippen LogP contribution >= 0.6 is 0 Å². The van der Waals surface area contributed by atoms with Crippen molar-refractivity contribution >= 4 is 5.91 Å². The highest BCUT2D eigenvalue weighted by Crippen LogP contribution is 2.01. The molecule has 0 aromatic heterocycles. The molecule has 1 rings (SSSR count). The largest absolute Gasteiger partial charge is 0.379 e. The lowest BCUT2D eigenvalue weighted by Crippen LogP contribution is -2.42. The van der Waals surface area contributed by atoms with Gasteiger partial charge in [0.25, 0.3) is 0 Å². The molecule has 4 heteroatoms. The number of carbonyl (C=O) groups is 1. The molecule has 1 aromatic rings. The van der Waals surface area contributed by atoms with Gasteiger partial charge in [-0.25, -0.2) is 0 Å². The van der Waals surface area contributed by atoms with Gasteiger partial charge >= 0.3 is 0 Å². The van der Waals surface area contributed by atoms with Crippen molar-refractivity contribution in [1.82, 2.24) is 5.32 Å². The number of amides is 1. The molecule has 0 aliphatic rings. The van der Waals surface area contributed by atoms with Crippen LogP contribution in [0.5, 0.6) is 0 Å². The molecule has 19 heavy (non-hydrogen) atoms. The molecule has 0 heterocycles. The predicted molar refractivity (Wildman–Crippen MR) is 76.8 cm³/mol. The van der Waals surface area contributed by atoms with E-state index >= 15 is 0 Å². The summed E-state index contributed by atoms with van der Waals surface area (Å²) >= 11 is 0. The Bertz CT molecular complexity index is 366. The maximum atomic E-state index is 11.8. The third-order valence-corrected chi connectivity index (χ3v) is 2.71. The lowest BCUT2D eigenvalue weighted by Gasteiger charge is -2.13. The SMILES string of the molecule is CC(C)OCCCNC(=O)[C@H](N)Cc1ccccc1. The van der Waals surface area contributed by atoms with Crippen LogP contribution in [0.15, 0.2) is 30.3 Å². The molecular formula is C15H24N2O2. The third kappa shape index (κ3) is 6.94. The van der Waals surface area contributed by atoms with Gasteiger partial charge in [-0.3, -0.25) is 4.79 Å². The van der Waals surface area contributed by atoms with E-state index in [1.165, 1.54) is 0 Å². The number of benzene rings is 1. The fourth-order valence-corrected chi connectivity index (χ4v) is 1.69. The first kappa shape index (κ1) is 15.7. The highest BCUT2D eigenvalue weighted by atomic mass is 16.5. The van der Waals surface area contributed by atoms with Crippen molar-refractivity contribution in [3.63, 3.8) is 0 Å². The van der Waals surface area contributed by atoms with Crippen LogP contribution in [0.4, 0.5) is 0 Å². The van der Waals surface area contributed by atoms with Gasteiger partial charge in [-0.15, -0.1) is 0 Å². The van der Waals surface area contributed by atoms with E-state index in [4.69, 9.17) is 10.5 Å². The number of hydrogen-bond donors (Lipinski definition) is 2. The number of ether oxygens (including phenoxy) is 1. The van der Waals surface area contributed by atoms with Crippen molar-refractivity contribution in [2.45, 2.75) is 38.8 Å². The van der Waals surface area contributed by atoms with Gasteiger partial charge in [-0.2, -0.15) is 0 Å². The number of rotatable bonds is 8. The monoisotopic (exact) mass is 264 g/mol.